The van der Waals surface area contributed by atoms with E-state index in [1.165, 1.54) is 6.07 Å². The molecule has 1 aromatic heterocycles. The van der Waals surface area contributed by atoms with Crippen molar-refractivity contribution in [1.29, 1.82) is 0 Å². The number of aliphatic hydroxyl groups is 1. The third kappa shape index (κ3) is 2.14. The minimum absolute atomic E-state index is 0.215. The van der Waals surface area contributed by atoms with Crippen LogP contribution in [-0.2, 0) is 0 Å². The molecule has 1 heterocycles. The highest BCUT2D eigenvalue weighted by Crippen LogP contribution is 2.26. The van der Waals surface area contributed by atoms with Crippen LogP contribution < -0.4 is 0 Å². The second-order valence-corrected chi connectivity index (χ2v) is 4.47. The molecule has 0 fully saturated rings. The summed E-state index contributed by atoms with van der Waals surface area (Å²) < 4.78 is 27.3. The number of rotatable bonds is 2. The molecule has 0 bridgehead atoms. The van der Waals surface area contributed by atoms with Crippen molar-refractivity contribution in [2.75, 3.05) is 0 Å². The number of pyridine rings is 1. The van der Waals surface area contributed by atoms with Crippen LogP contribution in [-0.4, -0.2) is 10.1 Å². The van der Waals surface area contributed by atoms with E-state index < -0.39 is 17.7 Å². The molecular formula is C16H11F2NO. The van der Waals surface area contributed by atoms with E-state index in [-0.39, 0.29) is 11.3 Å². The van der Waals surface area contributed by atoms with Gasteiger partial charge in [-0.05, 0) is 24.3 Å². The smallest absolute Gasteiger partial charge is 0.132 e. The Hall–Kier alpha value is -2.33. The number of fused-ring (bicyclic) bond motifs is 1. The van der Waals surface area contributed by atoms with E-state index in [4.69, 9.17) is 0 Å². The highest BCUT2D eigenvalue weighted by Gasteiger charge is 2.20. The predicted octanol–water partition coefficient (Wildman–Crippen LogP) is 3.59. The van der Waals surface area contributed by atoms with Crippen molar-refractivity contribution in [1.82, 2.24) is 4.98 Å². The molecule has 1 atom stereocenters. The average Bonchev–Trinajstić information content (AvgIpc) is 2.46. The number of hydrogen-bond acceptors (Lipinski definition) is 2. The largest absolute Gasteiger partial charge is 0.382 e. The number of aromatic nitrogens is 1. The standard InChI is InChI=1S/C16H11F2NO/c17-11-5-3-6-12(18)15(11)16(20)14-9-8-10-4-1-2-7-13(10)19-14/h1-9,16,20H. The van der Waals surface area contributed by atoms with Gasteiger partial charge in [-0.2, -0.15) is 0 Å². The molecule has 1 N–H and O–H groups in total. The number of para-hydroxylation sites is 1. The van der Waals surface area contributed by atoms with E-state index in [9.17, 15) is 13.9 Å². The molecule has 4 heteroatoms. The molecule has 0 radical (unpaired) electrons. The van der Waals surface area contributed by atoms with Gasteiger partial charge in [-0.15, -0.1) is 0 Å². The Morgan fingerprint density at radius 2 is 1.55 bits per heavy atom. The maximum atomic E-state index is 13.7. The normalized spacial score (nSPS) is 12.6. The average molecular weight is 271 g/mol. The lowest BCUT2D eigenvalue weighted by Gasteiger charge is -2.13. The lowest BCUT2D eigenvalue weighted by molar-refractivity contribution is 0.204. The summed E-state index contributed by atoms with van der Waals surface area (Å²) in [5.41, 5.74) is 0.503. The van der Waals surface area contributed by atoms with Crippen LogP contribution in [0.4, 0.5) is 8.78 Å². The second kappa shape index (κ2) is 4.98. The maximum Gasteiger partial charge on any atom is 0.132 e. The summed E-state index contributed by atoms with van der Waals surface area (Å²) >= 11 is 0. The van der Waals surface area contributed by atoms with Crippen molar-refractivity contribution in [3.63, 3.8) is 0 Å². The zero-order valence-corrected chi connectivity index (χ0v) is 10.4. The summed E-state index contributed by atoms with van der Waals surface area (Å²) in [5, 5.41) is 11.1. The first-order valence-corrected chi connectivity index (χ1v) is 6.14. The van der Waals surface area contributed by atoms with Crippen LogP contribution in [0.15, 0.2) is 54.6 Å². The van der Waals surface area contributed by atoms with E-state index in [2.05, 4.69) is 4.98 Å². The van der Waals surface area contributed by atoms with Crippen LogP contribution in [0, 0.1) is 11.6 Å². The Bertz CT molecular complexity index is 753. The summed E-state index contributed by atoms with van der Waals surface area (Å²) in [7, 11) is 0. The number of aliphatic hydroxyl groups excluding tert-OH is 1. The van der Waals surface area contributed by atoms with Crippen LogP contribution in [0.2, 0.25) is 0 Å². The van der Waals surface area contributed by atoms with Crippen molar-refractivity contribution in [2.45, 2.75) is 6.10 Å². The Morgan fingerprint density at radius 3 is 2.30 bits per heavy atom. The Morgan fingerprint density at radius 1 is 0.850 bits per heavy atom. The van der Waals surface area contributed by atoms with E-state index >= 15 is 0 Å². The molecule has 0 aliphatic rings. The summed E-state index contributed by atoms with van der Waals surface area (Å²) in [6.07, 6.45) is -1.43. The fourth-order valence-corrected chi connectivity index (χ4v) is 2.15. The molecule has 3 aromatic rings. The lowest BCUT2D eigenvalue weighted by atomic mass is 10.0. The molecule has 1 unspecified atom stereocenters. The monoisotopic (exact) mass is 271 g/mol. The minimum atomic E-state index is -1.43. The molecule has 0 saturated heterocycles. The van der Waals surface area contributed by atoms with E-state index in [1.807, 2.05) is 18.2 Å². The fourth-order valence-electron chi connectivity index (χ4n) is 2.15. The molecule has 100 valence electrons. The van der Waals surface area contributed by atoms with Crippen LogP contribution in [0.3, 0.4) is 0 Å². The summed E-state index contributed by atoms with van der Waals surface area (Å²) in [6.45, 7) is 0. The van der Waals surface area contributed by atoms with Gasteiger partial charge in [0, 0.05) is 5.39 Å². The van der Waals surface area contributed by atoms with Crippen LogP contribution in [0.25, 0.3) is 10.9 Å². The van der Waals surface area contributed by atoms with Crippen molar-refractivity contribution in [2.24, 2.45) is 0 Å². The van der Waals surface area contributed by atoms with Crippen molar-refractivity contribution in [3.8, 4) is 0 Å². The van der Waals surface area contributed by atoms with Gasteiger partial charge < -0.3 is 5.11 Å². The molecule has 2 nitrogen and oxygen atoms in total. The van der Waals surface area contributed by atoms with Crippen molar-refractivity contribution in [3.05, 3.63) is 77.5 Å². The highest BCUT2D eigenvalue weighted by molar-refractivity contribution is 5.78. The van der Waals surface area contributed by atoms with Gasteiger partial charge in [-0.1, -0.05) is 30.3 Å². The quantitative estimate of drug-likeness (QED) is 0.772. The minimum Gasteiger partial charge on any atom is -0.382 e. The summed E-state index contributed by atoms with van der Waals surface area (Å²) in [5.74, 6) is -1.57. The van der Waals surface area contributed by atoms with Gasteiger partial charge in [-0.25, -0.2) is 13.8 Å². The maximum absolute atomic E-state index is 13.7. The van der Waals surface area contributed by atoms with Gasteiger partial charge in [0.05, 0.1) is 16.8 Å². The van der Waals surface area contributed by atoms with E-state index in [0.29, 0.717) is 5.52 Å². The van der Waals surface area contributed by atoms with Gasteiger partial charge in [0.15, 0.2) is 0 Å². The topological polar surface area (TPSA) is 33.1 Å². The van der Waals surface area contributed by atoms with Gasteiger partial charge in [-0.3, -0.25) is 0 Å². The lowest BCUT2D eigenvalue weighted by Crippen LogP contribution is -2.07. The Kier molecular flexibility index (Phi) is 3.16. The number of hydrogen-bond donors (Lipinski definition) is 1. The molecule has 0 amide bonds. The van der Waals surface area contributed by atoms with Gasteiger partial charge in [0.25, 0.3) is 0 Å². The predicted molar refractivity (Wildman–Crippen MR) is 72.2 cm³/mol. The molecule has 0 spiro atoms. The van der Waals surface area contributed by atoms with Crippen molar-refractivity contribution >= 4 is 10.9 Å². The molecular weight excluding hydrogens is 260 g/mol. The SMILES string of the molecule is OC(c1ccc2ccccc2n1)c1c(F)cccc1F. The zero-order chi connectivity index (χ0) is 14.1. The first-order chi connectivity index (χ1) is 9.66. The Balaban J connectivity index is 2.10. The summed E-state index contributed by atoms with van der Waals surface area (Å²) in [4.78, 5) is 4.25. The van der Waals surface area contributed by atoms with Crippen LogP contribution in [0.5, 0.6) is 0 Å². The first-order valence-electron chi connectivity index (χ1n) is 6.14. The second-order valence-electron chi connectivity index (χ2n) is 4.47. The number of benzene rings is 2. The first kappa shape index (κ1) is 12.7. The Labute approximate surface area is 114 Å². The van der Waals surface area contributed by atoms with Gasteiger partial charge >= 0.3 is 0 Å². The molecule has 20 heavy (non-hydrogen) atoms. The highest BCUT2D eigenvalue weighted by atomic mass is 19.1. The molecule has 0 aliphatic carbocycles. The zero-order valence-electron chi connectivity index (χ0n) is 10.4. The van der Waals surface area contributed by atoms with E-state index in [0.717, 1.165) is 17.5 Å². The molecule has 2 aromatic carbocycles. The number of nitrogens with zero attached hydrogens (tertiary/aromatic N) is 1. The third-order valence-electron chi connectivity index (χ3n) is 3.17. The van der Waals surface area contributed by atoms with Gasteiger partial charge in [0.1, 0.15) is 17.7 Å². The van der Waals surface area contributed by atoms with E-state index in [1.54, 1.807) is 18.2 Å². The third-order valence-corrected chi connectivity index (χ3v) is 3.17. The number of halogens is 2. The van der Waals surface area contributed by atoms with Gasteiger partial charge in [0.2, 0.25) is 0 Å². The fraction of sp³-hybridized carbons (Fsp3) is 0.0625. The van der Waals surface area contributed by atoms with Crippen LogP contribution >= 0.6 is 0 Å². The van der Waals surface area contributed by atoms with Crippen molar-refractivity contribution < 1.29 is 13.9 Å². The molecule has 0 saturated carbocycles. The van der Waals surface area contributed by atoms with Crippen LogP contribution in [0.1, 0.15) is 17.4 Å². The molecule has 0 aliphatic heterocycles. The molecule has 3 rings (SSSR count). The summed E-state index contributed by atoms with van der Waals surface area (Å²) in [6, 6.07) is 14.2.